The summed E-state index contributed by atoms with van der Waals surface area (Å²) in [5.41, 5.74) is 3.29. The highest BCUT2D eigenvalue weighted by molar-refractivity contribution is 6.30. The zero-order valence-corrected chi connectivity index (χ0v) is 15.8. The van der Waals surface area contributed by atoms with Crippen molar-refractivity contribution in [1.82, 2.24) is 25.2 Å². The summed E-state index contributed by atoms with van der Waals surface area (Å²) in [5.74, 6) is -0.000899. The first kappa shape index (κ1) is 18.6. The molecule has 0 radical (unpaired) electrons. The Bertz CT molecular complexity index is 942. The number of aryl methyl sites for hydroxylation is 1. The maximum Gasteiger partial charge on any atom is 0.254 e. The van der Waals surface area contributed by atoms with Crippen molar-refractivity contribution in [2.45, 2.75) is 6.04 Å². The highest BCUT2D eigenvalue weighted by Gasteiger charge is 2.29. The van der Waals surface area contributed by atoms with E-state index >= 15 is 0 Å². The van der Waals surface area contributed by atoms with E-state index in [-0.39, 0.29) is 24.4 Å². The van der Waals surface area contributed by atoms with Crippen LogP contribution in [-0.4, -0.2) is 45.4 Å². The Morgan fingerprint density at radius 1 is 1.27 bits per heavy atom. The number of halogens is 2. The summed E-state index contributed by atoms with van der Waals surface area (Å²) < 4.78 is 1.70. The minimum Gasteiger partial charge on any atom is -0.329 e. The fourth-order valence-corrected chi connectivity index (χ4v) is 3.50. The molecule has 6 nitrogen and oxygen atoms in total. The lowest BCUT2D eigenvalue weighted by Crippen LogP contribution is -2.48. The number of aromatic nitrogens is 3. The second-order valence-corrected chi connectivity index (χ2v) is 6.63. The van der Waals surface area contributed by atoms with Crippen LogP contribution in [0.5, 0.6) is 0 Å². The average Bonchev–Trinajstić information content (AvgIpc) is 3.01. The molecule has 0 aliphatic carbocycles. The van der Waals surface area contributed by atoms with Crippen molar-refractivity contribution in [2.24, 2.45) is 7.05 Å². The molecular formula is C18H19Cl2N5O. The van der Waals surface area contributed by atoms with Gasteiger partial charge in [-0.15, -0.1) is 17.5 Å². The van der Waals surface area contributed by atoms with Gasteiger partial charge in [-0.3, -0.25) is 4.79 Å². The highest BCUT2D eigenvalue weighted by Crippen LogP contribution is 2.26. The molecule has 1 unspecified atom stereocenters. The molecule has 1 fully saturated rings. The largest absolute Gasteiger partial charge is 0.329 e. The molecule has 1 amide bonds. The van der Waals surface area contributed by atoms with E-state index in [0.717, 1.165) is 23.1 Å². The third-order valence-corrected chi connectivity index (χ3v) is 4.83. The summed E-state index contributed by atoms with van der Waals surface area (Å²) in [4.78, 5) is 15.0. The van der Waals surface area contributed by atoms with Crippen LogP contribution >= 0.6 is 24.0 Å². The van der Waals surface area contributed by atoms with Crippen LogP contribution in [0.2, 0.25) is 5.02 Å². The molecule has 8 heteroatoms. The number of hydrogen-bond acceptors (Lipinski definition) is 4. The third-order valence-electron chi connectivity index (χ3n) is 4.60. The number of amides is 1. The van der Waals surface area contributed by atoms with Gasteiger partial charge in [-0.2, -0.15) is 0 Å². The smallest absolute Gasteiger partial charge is 0.254 e. The summed E-state index contributed by atoms with van der Waals surface area (Å²) in [6, 6.07) is 13.2. The van der Waals surface area contributed by atoms with Crippen molar-refractivity contribution in [3.05, 3.63) is 58.6 Å². The van der Waals surface area contributed by atoms with Crippen LogP contribution in [0.25, 0.3) is 11.0 Å². The van der Waals surface area contributed by atoms with Gasteiger partial charge in [-0.1, -0.05) is 28.9 Å². The summed E-state index contributed by atoms with van der Waals surface area (Å²) >= 11 is 6.13. The third kappa shape index (κ3) is 3.40. The molecule has 1 atom stereocenters. The van der Waals surface area contributed by atoms with Gasteiger partial charge in [0, 0.05) is 37.3 Å². The van der Waals surface area contributed by atoms with Gasteiger partial charge in [0.05, 0.1) is 11.6 Å². The van der Waals surface area contributed by atoms with Gasteiger partial charge in [-0.25, -0.2) is 4.68 Å². The van der Waals surface area contributed by atoms with E-state index in [4.69, 9.17) is 11.6 Å². The van der Waals surface area contributed by atoms with E-state index in [2.05, 4.69) is 15.6 Å². The zero-order chi connectivity index (χ0) is 17.4. The second-order valence-electron chi connectivity index (χ2n) is 6.19. The molecule has 0 spiro atoms. The van der Waals surface area contributed by atoms with Crippen LogP contribution in [0.4, 0.5) is 0 Å². The fourth-order valence-electron chi connectivity index (χ4n) is 3.30. The van der Waals surface area contributed by atoms with Crippen LogP contribution in [0.3, 0.4) is 0 Å². The van der Waals surface area contributed by atoms with Crippen LogP contribution in [0.15, 0.2) is 42.5 Å². The molecule has 0 saturated carbocycles. The van der Waals surface area contributed by atoms with Crippen molar-refractivity contribution in [3.63, 3.8) is 0 Å². The Labute approximate surface area is 162 Å². The minimum atomic E-state index is -0.0440. The molecule has 26 heavy (non-hydrogen) atoms. The van der Waals surface area contributed by atoms with Gasteiger partial charge in [-0.05, 0) is 35.9 Å². The van der Waals surface area contributed by atoms with E-state index in [1.54, 1.807) is 4.68 Å². The first-order valence-electron chi connectivity index (χ1n) is 8.20. The van der Waals surface area contributed by atoms with Gasteiger partial charge in [0.25, 0.3) is 5.91 Å². The predicted octanol–water partition coefficient (Wildman–Crippen LogP) is 2.83. The maximum absolute atomic E-state index is 13.1. The van der Waals surface area contributed by atoms with Gasteiger partial charge in [0.2, 0.25) is 0 Å². The average molecular weight is 392 g/mol. The number of carbonyl (C=O) groups excluding carboxylic acids is 1. The van der Waals surface area contributed by atoms with Crippen molar-refractivity contribution in [2.75, 3.05) is 19.6 Å². The highest BCUT2D eigenvalue weighted by atomic mass is 35.5. The summed E-state index contributed by atoms with van der Waals surface area (Å²) in [5, 5.41) is 12.1. The molecule has 1 saturated heterocycles. The van der Waals surface area contributed by atoms with Crippen molar-refractivity contribution >= 4 is 40.9 Å². The normalized spacial score (nSPS) is 17.2. The fraction of sp³-hybridized carbons (Fsp3) is 0.278. The summed E-state index contributed by atoms with van der Waals surface area (Å²) in [7, 11) is 1.84. The molecule has 1 N–H and O–H groups in total. The van der Waals surface area contributed by atoms with Gasteiger partial charge in [0.15, 0.2) is 0 Å². The molecule has 1 aliphatic rings. The van der Waals surface area contributed by atoms with Crippen molar-refractivity contribution in [1.29, 1.82) is 0 Å². The lowest BCUT2D eigenvalue weighted by atomic mass is 10.0. The van der Waals surface area contributed by atoms with Gasteiger partial charge < -0.3 is 10.2 Å². The molecule has 4 rings (SSSR count). The number of nitrogens with zero attached hydrogens (tertiary/aromatic N) is 4. The number of hydrogen-bond donors (Lipinski definition) is 1. The first-order chi connectivity index (χ1) is 12.1. The molecular weight excluding hydrogens is 373 g/mol. The molecule has 1 aliphatic heterocycles. The molecule has 136 valence electrons. The van der Waals surface area contributed by atoms with Crippen LogP contribution in [0.1, 0.15) is 22.0 Å². The molecule has 2 heterocycles. The first-order valence-corrected chi connectivity index (χ1v) is 8.58. The number of piperazine rings is 1. The van der Waals surface area contributed by atoms with Crippen molar-refractivity contribution < 1.29 is 4.79 Å². The summed E-state index contributed by atoms with van der Waals surface area (Å²) in [6.07, 6.45) is 0. The topological polar surface area (TPSA) is 63.1 Å². The van der Waals surface area contributed by atoms with E-state index in [0.29, 0.717) is 23.7 Å². The number of benzene rings is 2. The Morgan fingerprint density at radius 2 is 2.12 bits per heavy atom. The lowest BCUT2D eigenvalue weighted by molar-refractivity contribution is 0.0634. The van der Waals surface area contributed by atoms with E-state index in [1.807, 2.05) is 54.4 Å². The van der Waals surface area contributed by atoms with Gasteiger partial charge in [0.1, 0.15) is 5.52 Å². The number of nitrogens with one attached hydrogen (secondary N) is 1. The van der Waals surface area contributed by atoms with E-state index in [9.17, 15) is 4.79 Å². The van der Waals surface area contributed by atoms with E-state index < -0.39 is 0 Å². The summed E-state index contributed by atoms with van der Waals surface area (Å²) in [6.45, 7) is 2.13. The number of carbonyl (C=O) groups is 1. The van der Waals surface area contributed by atoms with Crippen molar-refractivity contribution in [3.8, 4) is 0 Å². The SMILES string of the molecule is Cl.Cn1nnc2cc(C(=O)N3CCNCC3c3cccc(Cl)c3)ccc21. The zero-order valence-electron chi connectivity index (χ0n) is 14.2. The van der Waals surface area contributed by atoms with Crippen LogP contribution in [0, 0.1) is 0 Å². The Morgan fingerprint density at radius 3 is 2.92 bits per heavy atom. The maximum atomic E-state index is 13.1. The Kier molecular flexibility index (Phi) is 5.46. The lowest BCUT2D eigenvalue weighted by Gasteiger charge is -2.36. The van der Waals surface area contributed by atoms with Gasteiger partial charge >= 0.3 is 0 Å². The standard InChI is InChI=1S/C18H18ClN5O.ClH/c1-23-16-6-5-13(10-15(16)21-22-23)18(25)24-8-7-20-11-17(24)12-3-2-4-14(19)9-12;/h2-6,9-10,17,20H,7-8,11H2,1H3;1H. The Hall–Kier alpha value is -2.15. The molecule has 1 aromatic heterocycles. The minimum absolute atomic E-state index is 0. The monoisotopic (exact) mass is 391 g/mol. The van der Waals surface area contributed by atoms with Crippen LogP contribution in [-0.2, 0) is 7.05 Å². The number of rotatable bonds is 2. The molecule has 2 aromatic carbocycles. The van der Waals surface area contributed by atoms with E-state index in [1.165, 1.54) is 0 Å². The predicted molar refractivity (Wildman–Crippen MR) is 104 cm³/mol. The van der Waals surface area contributed by atoms with Crippen LogP contribution < -0.4 is 5.32 Å². The molecule has 0 bridgehead atoms. The number of fused-ring (bicyclic) bond motifs is 1. The quantitative estimate of drug-likeness (QED) is 0.729. The second kappa shape index (κ2) is 7.61. The Balaban J connectivity index is 0.00000196. The molecule has 3 aromatic rings.